The van der Waals surface area contributed by atoms with Gasteiger partial charge < -0.3 is 5.32 Å². The number of anilines is 1. The molecule has 2 aromatic carbocycles. The number of carbonyl (C=O) groups excluding carboxylic acids is 2. The normalized spacial score (nSPS) is 10.2. The predicted octanol–water partition coefficient (Wildman–Crippen LogP) is 3.61. The monoisotopic (exact) mass is 337 g/mol. The van der Waals surface area contributed by atoms with Gasteiger partial charge in [0, 0.05) is 34.2 Å². The first-order valence-electron chi connectivity index (χ1n) is 7.11. The van der Waals surface area contributed by atoms with Gasteiger partial charge in [-0.25, -0.2) is 4.98 Å². The molecule has 1 heterocycles. The Morgan fingerprint density at radius 1 is 0.958 bits per heavy atom. The van der Waals surface area contributed by atoms with Crippen LogP contribution in [0.2, 0.25) is 5.02 Å². The number of nitrogens with zero attached hydrogens (tertiary/aromatic N) is 2. The number of benzene rings is 2. The molecule has 0 aliphatic rings. The second-order valence-corrected chi connectivity index (χ2v) is 5.40. The topological polar surface area (TPSA) is 72.0 Å². The van der Waals surface area contributed by atoms with E-state index in [9.17, 15) is 9.59 Å². The molecule has 5 nitrogen and oxygen atoms in total. The van der Waals surface area contributed by atoms with Gasteiger partial charge in [0.25, 0.3) is 5.91 Å². The third kappa shape index (κ3) is 3.64. The summed E-state index contributed by atoms with van der Waals surface area (Å²) in [5.41, 5.74) is 1.70. The fourth-order valence-corrected chi connectivity index (χ4v) is 2.24. The van der Waals surface area contributed by atoms with Crippen LogP contribution < -0.4 is 5.32 Å². The summed E-state index contributed by atoms with van der Waals surface area (Å²) in [5, 5.41) is 3.27. The van der Waals surface area contributed by atoms with Gasteiger partial charge >= 0.3 is 0 Å². The summed E-state index contributed by atoms with van der Waals surface area (Å²) in [6, 6.07) is 13.4. The molecule has 3 rings (SSSR count). The maximum Gasteiger partial charge on any atom is 0.275 e. The molecule has 6 heteroatoms. The molecule has 0 spiro atoms. The molecule has 0 unspecified atom stereocenters. The number of ketones is 1. The summed E-state index contributed by atoms with van der Waals surface area (Å²) in [7, 11) is 0. The van der Waals surface area contributed by atoms with Gasteiger partial charge in [-0.1, -0.05) is 23.7 Å². The van der Waals surface area contributed by atoms with Crippen LogP contribution in [0.5, 0.6) is 0 Å². The number of hydrogen-bond donors (Lipinski definition) is 1. The zero-order chi connectivity index (χ0) is 16.9. The Hall–Kier alpha value is -3.05. The highest BCUT2D eigenvalue weighted by atomic mass is 35.5. The summed E-state index contributed by atoms with van der Waals surface area (Å²) >= 11 is 5.83. The van der Waals surface area contributed by atoms with Crippen LogP contribution >= 0.6 is 11.6 Å². The molecule has 0 bridgehead atoms. The summed E-state index contributed by atoms with van der Waals surface area (Å²) in [6.07, 6.45) is 4.30. The van der Waals surface area contributed by atoms with Crippen LogP contribution in [0, 0.1) is 0 Å². The highest BCUT2D eigenvalue weighted by Crippen LogP contribution is 2.17. The van der Waals surface area contributed by atoms with Gasteiger partial charge in [0.1, 0.15) is 5.69 Å². The number of halogens is 1. The van der Waals surface area contributed by atoms with E-state index in [1.54, 1.807) is 48.5 Å². The van der Waals surface area contributed by atoms with Gasteiger partial charge in [0.05, 0.1) is 6.20 Å². The van der Waals surface area contributed by atoms with Crippen LogP contribution in [0.15, 0.2) is 67.1 Å². The lowest BCUT2D eigenvalue weighted by atomic mass is 10.0. The zero-order valence-corrected chi connectivity index (χ0v) is 13.2. The highest BCUT2D eigenvalue weighted by Gasteiger charge is 2.12. The first-order chi connectivity index (χ1) is 11.6. The molecule has 0 aliphatic carbocycles. The second kappa shape index (κ2) is 7.02. The summed E-state index contributed by atoms with van der Waals surface area (Å²) < 4.78 is 0. The number of nitrogens with one attached hydrogen (secondary N) is 1. The first kappa shape index (κ1) is 15.8. The van der Waals surface area contributed by atoms with Crippen molar-refractivity contribution in [2.45, 2.75) is 0 Å². The van der Waals surface area contributed by atoms with Crippen LogP contribution in [0.25, 0.3) is 0 Å². The lowest BCUT2D eigenvalue weighted by Gasteiger charge is -2.07. The molecule has 1 amide bonds. The fourth-order valence-electron chi connectivity index (χ4n) is 2.12. The molecule has 0 saturated heterocycles. The van der Waals surface area contributed by atoms with Crippen molar-refractivity contribution >= 4 is 29.0 Å². The van der Waals surface area contributed by atoms with Crippen LogP contribution in [0.1, 0.15) is 26.4 Å². The van der Waals surface area contributed by atoms with E-state index < -0.39 is 0 Å². The van der Waals surface area contributed by atoms with Crippen molar-refractivity contribution < 1.29 is 9.59 Å². The van der Waals surface area contributed by atoms with Crippen molar-refractivity contribution in [3.63, 3.8) is 0 Å². The van der Waals surface area contributed by atoms with E-state index in [4.69, 9.17) is 11.6 Å². The molecule has 0 radical (unpaired) electrons. The van der Waals surface area contributed by atoms with Gasteiger partial charge in [-0.05, 0) is 36.4 Å². The van der Waals surface area contributed by atoms with Crippen molar-refractivity contribution in [1.29, 1.82) is 0 Å². The largest absolute Gasteiger partial charge is 0.321 e. The smallest absolute Gasteiger partial charge is 0.275 e. The Labute approximate surface area is 143 Å². The van der Waals surface area contributed by atoms with Crippen molar-refractivity contribution in [2.24, 2.45) is 0 Å². The molecule has 3 aromatic rings. The van der Waals surface area contributed by atoms with Gasteiger partial charge in [-0.3, -0.25) is 14.6 Å². The molecule has 24 heavy (non-hydrogen) atoms. The highest BCUT2D eigenvalue weighted by molar-refractivity contribution is 6.30. The molecule has 1 aromatic heterocycles. The second-order valence-electron chi connectivity index (χ2n) is 4.96. The maximum absolute atomic E-state index is 12.5. The molecule has 0 aliphatic heterocycles. The fraction of sp³-hybridized carbons (Fsp3) is 0. The van der Waals surface area contributed by atoms with Gasteiger partial charge in [-0.15, -0.1) is 0 Å². The molecule has 0 saturated carbocycles. The van der Waals surface area contributed by atoms with Crippen LogP contribution in [-0.2, 0) is 0 Å². The van der Waals surface area contributed by atoms with Crippen LogP contribution in [0.3, 0.4) is 0 Å². The number of aromatic nitrogens is 2. The molecule has 1 N–H and O–H groups in total. The Balaban J connectivity index is 1.80. The molecule has 0 atom stereocenters. The Morgan fingerprint density at radius 3 is 2.46 bits per heavy atom. The quantitative estimate of drug-likeness (QED) is 0.738. The number of amides is 1. The maximum atomic E-state index is 12.5. The Morgan fingerprint density at radius 2 is 1.75 bits per heavy atom. The lowest BCUT2D eigenvalue weighted by Crippen LogP contribution is -2.14. The van der Waals surface area contributed by atoms with E-state index >= 15 is 0 Å². The van der Waals surface area contributed by atoms with E-state index in [2.05, 4.69) is 15.3 Å². The molecule has 118 valence electrons. The SMILES string of the molecule is O=C(c1ccc(Cl)cc1)c1cccc(NC(=O)c2cnccn2)c1. The van der Waals surface area contributed by atoms with Crippen molar-refractivity contribution in [3.05, 3.63) is 89.0 Å². The first-order valence-corrected chi connectivity index (χ1v) is 7.49. The Kier molecular flexibility index (Phi) is 4.63. The molecular weight excluding hydrogens is 326 g/mol. The summed E-state index contributed by atoms with van der Waals surface area (Å²) in [6.45, 7) is 0. The minimum Gasteiger partial charge on any atom is -0.321 e. The lowest BCUT2D eigenvalue weighted by molar-refractivity contribution is 0.101. The molecular formula is C18H12ClN3O2. The number of hydrogen-bond acceptors (Lipinski definition) is 4. The average Bonchev–Trinajstić information content (AvgIpc) is 2.63. The van der Waals surface area contributed by atoms with Crippen LogP contribution in [0.4, 0.5) is 5.69 Å². The summed E-state index contributed by atoms with van der Waals surface area (Å²) in [4.78, 5) is 32.4. The number of carbonyl (C=O) groups is 2. The van der Waals surface area contributed by atoms with E-state index in [1.807, 2.05) is 0 Å². The standard InChI is InChI=1S/C18H12ClN3O2/c19-14-6-4-12(5-7-14)17(23)13-2-1-3-15(10-13)22-18(24)16-11-20-8-9-21-16/h1-11H,(H,22,24). The number of rotatable bonds is 4. The molecule has 0 fully saturated rings. The van der Waals surface area contributed by atoms with Gasteiger partial charge in [0.2, 0.25) is 0 Å². The van der Waals surface area contributed by atoms with Crippen molar-refractivity contribution in [3.8, 4) is 0 Å². The third-order valence-electron chi connectivity index (χ3n) is 3.28. The van der Waals surface area contributed by atoms with Crippen LogP contribution in [-0.4, -0.2) is 21.7 Å². The van der Waals surface area contributed by atoms with Crippen molar-refractivity contribution in [2.75, 3.05) is 5.32 Å². The van der Waals surface area contributed by atoms with Crippen molar-refractivity contribution in [1.82, 2.24) is 9.97 Å². The van der Waals surface area contributed by atoms with Gasteiger partial charge in [0.15, 0.2) is 5.78 Å². The third-order valence-corrected chi connectivity index (χ3v) is 3.54. The predicted molar refractivity (Wildman–Crippen MR) is 91.3 cm³/mol. The minimum absolute atomic E-state index is 0.151. The van der Waals surface area contributed by atoms with E-state index in [0.717, 1.165) is 0 Å². The van der Waals surface area contributed by atoms with E-state index in [1.165, 1.54) is 18.6 Å². The average molecular weight is 338 g/mol. The van der Waals surface area contributed by atoms with E-state index in [-0.39, 0.29) is 17.4 Å². The van der Waals surface area contributed by atoms with Gasteiger partial charge in [-0.2, -0.15) is 0 Å². The zero-order valence-electron chi connectivity index (χ0n) is 12.4. The summed E-state index contributed by atoms with van der Waals surface area (Å²) in [5.74, 6) is -0.540. The van der Waals surface area contributed by atoms with E-state index in [0.29, 0.717) is 21.8 Å². The minimum atomic E-state index is -0.390. The Bertz CT molecular complexity index is 880.